The minimum atomic E-state index is 0.264. The molecule has 0 radical (unpaired) electrons. The highest BCUT2D eigenvalue weighted by Gasteiger charge is 2.36. The Morgan fingerprint density at radius 3 is 2.33 bits per heavy atom. The third kappa shape index (κ3) is 4.52. The summed E-state index contributed by atoms with van der Waals surface area (Å²) in [4.78, 5) is 5.22. The molecule has 1 atom stereocenters. The van der Waals surface area contributed by atoms with Crippen molar-refractivity contribution in [2.75, 3.05) is 40.3 Å². The summed E-state index contributed by atoms with van der Waals surface area (Å²) >= 11 is 0. The van der Waals surface area contributed by atoms with Crippen LogP contribution in [0.25, 0.3) is 0 Å². The second kappa shape index (κ2) is 5.89. The Morgan fingerprint density at radius 2 is 1.83 bits per heavy atom. The fraction of sp³-hybridized carbons (Fsp3) is 1.00. The summed E-state index contributed by atoms with van der Waals surface area (Å²) in [6, 6.07) is 0.665. The van der Waals surface area contributed by atoms with E-state index in [0.717, 1.165) is 6.54 Å². The van der Waals surface area contributed by atoms with Crippen LogP contribution in [0.1, 0.15) is 41.0 Å². The van der Waals surface area contributed by atoms with Gasteiger partial charge in [-0.25, -0.2) is 0 Å². The lowest BCUT2D eigenvalue weighted by atomic mass is 9.91. The fourth-order valence-corrected chi connectivity index (χ4v) is 2.96. The van der Waals surface area contributed by atoms with Crippen molar-refractivity contribution >= 4 is 0 Å². The van der Waals surface area contributed by atoms with Gasteiger partial charge in [-0.3, -0.25) is 4.90 Å². The lowest BCUT2D eigenvalue weighted by Gasteiger charge is -2.39. The standard InChI is InChI=1S/C15H33N3/c1-14(2,3)18-10-13(8-9-16-6)17(7)11-15(4,5)12-18/h13,16H,8-12H2,1-7H3. The van der Waals surface area contributed by atoms with Crippen LogP contribution in [0.15, 0.2) is 0 Å². The maximum absolute atomic E-state index is 3.29. The van der Waals surface area contributed by atoms with Crippen molar-refractivity contribution in [3.05, 3.63) is 0 Å². The molecule has 1 aliphatic heterocycles. The first kappa shape index (κ1) is 15.9. The zero-order valence-electron chi connectivity index (χ0n) is 13.5. The van der Waals surface area contributed by atoms with Crippen LogP contribution < -0.4 is 5.32 Å². The van der Waals surface area contributed by atoms with Gasteiger partial charge in [-0.05, 0) is 53.2 Å². The molecule has 1 fully saturated rings. The second-order valence-corrected chi connectivity index (χ2v) is 7.68. The van der Waals surface area contributed by atoms with Crippen LogP contribution in [-0.2, 0) is 0 Å². The zero-order chi connectivity index (χ0) is 14.0. The largest absolute Gasteiger partial charge is 0.320 e. The van der Waals surface area contributed by atoms with E-state index < -0.39 is 0 Å². The van der Waals surface area contributed by atoms with E-state index in [9.17, 15) is 0 Å². The van der Waals surface area contributed by atoms with E-state index in [-0.39, 0.29) is 5.54 Å². The van der Waals surface area contributed by atoms with Gasteiger partial charge < -0.3 is 10.2 Å². The number of hydrogen-bond donors (Lipinski definition) is 1. The number of nitrogens with zero attached hydrogens (tertiary/aromatic N) is 2. The molecular formula is C15H33N3. The normalized spacial score (nSPS) is 27.2. The van der Waals surface area contributed by atoms with Gasteiger partial charge in [0.25, 0.3) is 0 Å². The average Bonchev–Trinajstić information content (AvgIpc) is 2.30. The maximum atomic E-state index is 3.29. The van der Waals surface area contributed by atoms with E-state index in [2.05, 4.69) is 56.8 Å². The predicted octanol–water partition coefficient (Wildman–Crippen LogP) is 2.04. The van der Waals surface area contributed by atoms with Crippen LogP contribution in [0.5, 0.6) is 0 Å². The molecule has 108 valence electrons. The average molecular weight is 255 g/mol. The van der Waals surface area contributed by atoms with Crippen molar-refractivity contribution in [3.63, 3.8) is 0 Å². The summed E-state index contributed by atoms with van der Waals surface area (Å²) in [5.41, 5.74) is 0.636. The van der Waals surface area contributed by atoms with Gasteiger partial charge in [0.15, 0.2) is 0 Å². The van der Waals surface area contributed by atoms with Crippen LogP contribution in [-0.4, -0.2) is 61.7 Å². The summed E-state index contributed by atoms with van der Waals surface area (Å²) in [5, 5.41) is 3.29. The SMILES string of the molecule is CNCCC1CN(C(C)(C)C)CC(C)(C)CN1C. The summed E-state index contributed by atoms with van der Waals surface area (Å²) in [6.07, 6.45) is 1.23. The predicted molar refractivity (Wildman–Crippen MR) is 80.1 cm³/mol. The quantitative estimate of drug-likeness (QED) is 0.832. The van der Waals surface area contributed by atoms with Crippen LogP contribution in [0.3, 0.4) is 0 Å². The van der Waals surface area contributed by atoms with Gasteiger partial charge in [-0.1, -0.05) is 13.8 Å². The molecule has 0 aromatic heterocycles. The Kier molecular flexibility index (Phi) is 5.22. The van der Waals surface area contributed by atoms with Crippen molar-refractivity contribution in [3.8, 4) is 0 Å². The maximum Gasteiger partial charge on any atom is 0.0232 e. The third-order valence-corrected chi connectivity index (χ3v) is 4.03. The smallest absolute Gasteiger partial charge is 0.0232 e. The van der Waals surface area contributed by atoms with Crippen molar-refractivity contribution in [2.45, 2.75) is 52.6 Å². The molecule has 1 rings (SSSR count). The van der Waals surface area contributed by atoms with E-state index in [1.165, 1.54) is 26.1 Å². The molecule has 1 N–H and O–H groups in total. The molecule has 0 spiro atoms. The Labute approximate surface area is 114 Å². The van der Waals surface area contributed by atoms with Gasteiger partial charge in [0.2, 0.25) is 0 Å². The first-order chi connectivity index (χ1) is 8.15. The van der Waals surface area contributed by atoms with Crippen LogP contribution in [0, 0.1) is 5.41 Å². The summed E-state index contributed by atoms with van der Waals surface area (Å²) < 4.78 is 0. The van der Waals surface area contributed by atoms with Crippen molar-refractivity contribution in [2.24, 2.45) is 5.41 Å². The zero-order valence-corrected chi connectivity index (χ0v) is 13.5. The Morgan fingerprint density at radius 1 is 1.22 bits per heavy atom. The topological polar surface area (TPSA) is 18.5 Å². The molecule has 0 aliphatic carbocycles. The highest BCUT2D eigenvalue weighted by atomic mass is 15.3. The molecule has 0 aromatic carbocycles. The number of nitrogens with one attached hydrogen (secondary N) is 1. The lowest BCUT2D eigenvalue weighted by Crippen LogP contribution is -2.48. The van der Waals surface area contributed by atoms with E-state index in [1.54, 1.807) is 0 Å². The Hall–Kier alpha value is -0.120. The minimum Gasteiger partial charge on any atom is -0.320 e. The van der Waals surface area contributed by atoms with Crippen LogP contribution >= 0.6 is 0 Å². The second-order valence-electron chi connectivity index (χ2n) is 7.68. The van der Waals surface area contributed by atoms with E-state index >= 15 is 0 Å². The van der Waals surface area contributed by atoms with E-state index in [1.807, 2.05) is 7.05 Å². The molecule has 0 bridgehead atoms. The minimum absolute atomic E-state index is 0.264. The van der Waals surface area contributed by atoms with E-state index in [0.29, 0.717) is 11.5 Å². The molecular weight excluding hydrogens is 222 g/mol. The van der Waals surface area contributed by atoms with Gasteiger partial charge in [-0.15, -0.1) is 0 Å². The van der Waals surface area contributed by atoms with Gasteiger partial charge in [-0.2, -0.15) is 0 Å². The summed E-state index contributed by atoms with van der Waals surface area (Å²) in [7, 11) is 4.33. The van der Waals surface area contributed by atoms with Crippen LogP contribution in [0.2, 0.25) is 0 Å². The summed E-state index contributed by atoms with van der Waals surface area (Å²) in [6.45, 7) is 16.5. The van der Waals surface area contributed by atoms with Crippen molar-refractivity contribution in [1.82, 2.24) is 15.1 Å². The first-order valence-electron chi connectivity index (χ1n) is 7.25. The van der Waals surface area contributed by atoms with Gasteiger partial charge >= 0.3 is 0 Å². The molecule has 3 heteroatoms. The molecule has 1 aliphatic rings. The highest BCUT2D eigenvalue weighted by molar-refractivity contribution is 4.91. The Bertz CT molecular complexity index is 255. The van der Waals surface area contributed by atoms with Gasteiger partial charge in [0.05, 0.1) is 0 Å². The molecule has 1 heterocycles. The van der Waals surface area contributed by atoms with Crippen LogP contribution in [0.4, 0.5) is 0 Å². The Balaban J connectivity index is 2.82. The fourth-order valence-electron chi connectivity index (χ4n) is 2.96. The summed E-state index contributed by atoms with van der Waals surface area (Å²) in [5.74, 6) is 0. The molecule has 0 saturated carbocycles. The van der Waals surface area contributed by atoms with Gasteiger partial charge in [0.1, 0.15) is 0 Å². The molecule has 0 aromatic rings. The van der Waals surface area contributed by atoms with Crippen molar-refractivity contribution in [1.29, 1.82) is 0 Å². The lowest BCUT2D eigenvalue weighted by molar-refractivity contribution is 0.0962. The highest BCUT2D eigenvalue weighted by Crippen LogP contribution is 2.28. The van der Waals surface area contributed by atoms with Gasteiger partial charge in [0, 0.05) is 31.2 Å². The molecule has 1 saturated heterocycles. The van der Waals surface area contributed by atoms with E-state index in [4.69, 9.17) is 0 Å². The third-order valence-electron chi connectivity index (χ3n) is 4.03. The number of likely N-dealkylation sites (N-methyl/N-ethyl adjacent to an activating group) is 1. The monoisotopic (exact) mass is 255 g/mol. The number of hydrogen-bond acceptors (Lipinski definition) is 3. The molecule has 18 heavy (non-hydrogen) atoms. The molecule has 1 unspecified atom stereocenters. The number of rotatable bonds is 3. The molecule has 0 amide bonds. The first-order valence-corrected chi connectivity index (χ1v) is 7.25. The van der Waals surface area contributed by atoms with Crippen molar-refractivity contribution < 1.29 is 0 Å². The molecule has 3 nitrogen and oxygen atoms in total.